The molecule has 4 rings (SSSR count). The molecular weight excluding hydrogens is 324 g/mol. The Morgan fingerprint density at radius 2 is 1.96 bits per heavy atom. The molecule has 6 nitrogen and oxygen atoms in total. The summed E-state index contributed by atoms with van der Waals surface area (Å²) in [4.78, 5) is 0. The van der Waals surface area contributed by atoms with E-state index in [0.29, 0.717) is 16.3 Å². The summed E-state index contributed by atoms with van der Waals surface area (Å²) in [5.41, 5.74) is 3.01. The van der Waals surface area contributed by atoms with Crippen LogP contribution in [0.1, 0.15) is 11.1 Å². The number of nitrogens with one attached hydrogen (secondary N) is 1. The standard InChI is InChI=1S/C17H14N4O2S/c1-11-2-5-13(6-3-11)16-19-20-17(24)21(16)18-9-12-4-7-14-15(8-12)23-10-22-14/h2-9H,10H2,1H3,(H,20,24)/b18-9+. The van der Waals surface area contributed by atoms with Crippen molar-refractivity contribution in [1.82, 2.24) is 14.9 Å². The van der Waals surface area contributed by atoms with E-state index in [2.05, 4.69) is 15.3 Å². The fourth-order valence-electron chi connectivity index (χ4n) is 2.41. The molecule has 120 valence electrons. The van der Waals surface area contributed by atoms with E-state index in [-0.39, 0.29) is 6.79 Å². The van der Waals surface area contributed by atoms with Gasteiger partial charge < -0.3 is 9.47 Å². The van der Waals surface area contributed by atoms with Crippen LogP contribution in [0.25, 0.3) is 11.4 Å². The van der Waals surface area contributed by atoms with Crippen LogP contribution in [-0.2, 0) is 0 Å². The minimum absolute atomic E-state index is 0.250. The lowest BCUT2D eigenvalue weighted by molar-refractivity contribution is 0.174. The zero-order chi connectivity index (χ0) is 16.5. The molecule has 0 unspecified atom stereocenters. The number of H-pyrrole nitrogens is 1. The van der Waals surface area contributed by atoms with Gasteiger partial charge in [0.05, 0.1) is 6.21 Å². The Kier molecular flexibility index (Phi) is 3.62. The Balaban J connectivity index is 1.68. The van der Waals surface area contributed by atoms with Crippen LogP contribution in [0.4, 0.5) is 0 Å². The molecule has 0 amide bonds. The molecule has 3 aromatic rings. The number of aromatic amines is 1. The molecule has 24 heavy (non-hydrogen) atoms. The fourth-order valence-corrected chi connectivity index (χ4v) is 2.59. The highest BCUT2D eigenvalue weighted by Gasteiger charge is 2.13. The molecule has 0 bridgehead atoms. The van der Waals surface area contributed by atoms with Crippen LogP contribution in [-0.4, -0.2) is 27.9 Å². The number of fused-ring (bicyclic) bond motifs is 1. The van der Waals surface area contributed by atoms with Crippen LogP contribution >= 0.6 is 12.2 Å². The Labute approximate surface area is 143 Å². The third kappa shape index (κ3) is 2.69. The number of benzene rings is 2. The number of ether oxygens (including phenoxy) is 2. The minimum atomic E-state index is 0.250. The van der Waals surface area contributed by atoms with Gasteiger partial charge in [-0.1, -0.05) is 29.8 Å². The maximum absolute atomic E-state index is 5.37. The average Bonchev–Trinajstić information content (AvgIpc) is 3.20. The first-order valence-electron chi connectivity index (χ1n) is 7.39. The largest absolute Gasteiger partial charge is 0.454 e. The second-order valence-electron chi connectivity index (χ2n) is 5.39. The Morgan fingerprint density at radius 1 is 1.17 bits per heavy atom. The van der Waals surface area contributed by atoms with Gasteiger partial charge in [0.2, 0.25) is 11.6 Å². The smallest absolute Gasteiger partial charge is 0.231 e. The SMILES string of the molecule is Cc1ccc(-c2n[nH]c(=S)n2/N=C/c2ccc3c(c2)OCO3)cc1. The van der Waals surface area contributed by atoms with Gasteiger partial charge in [0.15, 0.2) is 17.3 Å². The van der Waals surface area contributed by atoms with Gasteiger partial charge in [-0.05, 0) is 42.9 Å². The first-order chi connectivity index (χ1) is 11.7. The van der Waals surface area contributed by atoms with Gasteiger partial charge >= 0.3 is 0 Å². The van der Waals surface area contributed by atoms with E-state index in [1.807, 2.05) is 49.4 Å². The summed E-state index contributed by atoms with van der Waals surface area (Å²) in [5, 5.41) is 11.5. The Morgan fingerprint density at radius 3 is 2.79 bits per heavy atom. The van der Waals surface area contributed by atoms with Crippen LogP contribution in [0.15, 0.2) is 47.6 Å². The van der Waals surface area contributed by atoms with Gasteiger partial charge in [-0.2, -0.15) is 14.9 Å². The molecule has 1 aromatic heterocycles. The molecule has 2 heterocycles. The van der Waals surface area contributed by atoms with E-state index in [1.54, 1.807) is 10.9 Å². The van der Waals surface area contributed by atoms with Gasteiger partial charge in [0.25, 0.3) is 0 Å². The summed E-state index contributed by atoms with van der Waals surface area (Å²) in [5.74, 6) is 2.12. The molecule has 0 radical (unpaired) electrons. The van der Waals surface area contributed by atoms with Crippen molar-refractivity contribution in [2.45, 2.75) is 6.92 Å². The molecule has 0 aliphatic carbocycles. The highest BCUT2D eigenvalue weighted by molar-refractivity contribution is 7.71. The molecule has 7 heteroatoms. The van der Waals surface area contributed by atoms with Crippen LogP contribution in [0.2, 0.25) is 0 Å². The average molecular weight is 338 g/mol. The lowest BCUT2D eigenvalue weighted by Crippen LogP contribution is -1.95. The van der Waals surface area contributed by atoms with Gasteiger partial charge in [-0.25, -0.2) is 5.10 Å². The van der Waals surface area contributed by atoms with Crippen LogP contribution < -0.4 is 9.47 Å². The third-order valence-electron chi connectivity index (χ3n) is 3.68. The molecule has 1 N–H and O–H groups in total. The monoisotopic (exact) mass is 338 g/mol. The van der Waals surface area contributed by atoms with Gasteiger partial charge in [-0.3, -0.25) is 0 Å². The molecule has 1 aliphatic heterocycles. The Bertz CT molecular complexity index is 973. The van der Waals surface area contributed by atoms with Crippen molar-refractivity contribution < 1.29 is 9.47 Å². The van der Waals surface area contributed by atoms with E-state index < -0.39 is 0 Å². The van der Waals surface area contributed by atoms with Gasteiger partial charge in [-0.15, -0.1) is 0 Å². The van der Waals surface area contributed by atoms with Crippen LogP contribution in [0.5, 0.6) is 11.5 Å². The topological polar surface area (TPSA) is 64.4 Å². The fraction of sp³-hybridized carbons (Fsp3) is 0.118. The van der Waals surface area contributed by atoms with Gasteiger partial charge in [0, 0.05) is 5.56 Å². The Hall–Kier alpha value is -2.93. The number of hydrogen-bond donors (Lipinski definition) is 1. The summed E-state index contributed by atoms with van der Waals surface area (Å²) >= 11 is 5.28. The molecule has 0 atom stereocenters. The highest BCUT2D eigenvalue weighted by atomic mass is 32.1. The number of nitrogens with zero attached hydrogens (tertiary/aromatic N) is 3. The minimum Gasteiger partial charge on any atom is -0.454 e. The zero-order valence-electron chi connectivity index (χ0n) is 12.9. The third-order valence-corrected chi connectivity index (χ3v) is 3.94. The summed E-state index contributed by atoms with van der Waals surface area (Å²) in [7, 11) is 0. The molecule has 0 fully saturated rings. The van der Waals surface area contributed by atoms with E-state index in [0.717, 1.165) is 16.9 Å². The predicted molar refractivity (Wildman–Crippen MR) is 93.1 cm³/mol. The van der Waals surface area contributed by atoms with E-state index in [1.165, 1.54) is 5.56 Å². The quantitative estimate of drug-likeness (QED) is 0.586. The molecule has 0 spiro atoms. The highest BCUT2D eigenvalue weighted by Crippen LogP contribution is 2.32. The summed E-state index contributed by atoms with van der Waals surface area (Å²) in [6.45, 7) is 2.29. The van der Waals surface area contributed by atoms with Crippen molar-refractivity contribution in [3.63, 3.8) is 0 Å². The molecule has 0 saturated heterocycles. The summed E-state index contributed by atoms with van der Waals surface area (Å²) < 4.78 is 12.7. The number of hydrogen-bond acceptors (Lipinski definition) is 5. The van der Waals surface area contributed by atoms with Crippen LogP contribution in [0.3, 0.4) is 0 Å². The van der Waals surface area contributed by atoms with Crippen molar-refractivity contribution in [1.29, 1.82) is 0 Å². The zero-order valence-corrected chi connectivity index (χ0v) is 13.7. The second-order valence-corrected chi connectivity index (χ2v) is 5.77. The summed E-state index contributed by atoms with van der Waals surface area (Å²) in [6, 6.07) is 13.7. The first-order valence-corrected chi connectivity index (χ1v) is 7.80. The van der Waals surface area contributed by atoms with Crippen molar-refractivity contribution in [2.24, 2.45) is 5.10 Å². The maximum Gasteiger partial charge on any atom is 0.231 e. The molecule has 2 aromatic carbocycles. The lowest BCUT2D eigenvalue weighted by Gasteiger charge is -2.02. The molecule has 1 aliphatic rings. The first kappa shape index (κ1) is 14.6. The number of aromatic nitrogens is 3. The second kappa shape index (κ2) is 5.93. The van der Waals surface area contributed by atoms with Gasteiger partial charge in [0.1, 0.15) is 0 Å². The van der Waals surface area contributed by atoms with Crippen molar-refractivity contribution in [3.05, 3.63) is 58.4 Å². The van der Waals surface area contributed by atoms with Crippen molar-refractivity contribution >= 4 is 18.4 Å². The van der Waals surface area contributed by atoms with E-state index >= 15 is 0 Å². The van der Waals surface area contributed by atoms with E-state index in [9.17, 15) is 0 Å². The van der Waals surface area contributed by atoms with E-state index in [4.69, 9.17) is 21.7 Å². The van der Waals surface area contributed by atoms with Crippen molar-refractivity contribution in [3.8, 4) is 22.9 Å². The van der Waals surface area contributed by atoms with Crippen LogP contribution in [0, 0.1) is 11.7 Å². The van der Waals surface area contributed by atoms with Crippen molar-refractivity contribution in [2.75, 3.05) is 6.79 Å². The lowest BCUT2D eigenvalue weighted by atomic mass is 10.1. The molecule has 0 saturated carbocycles. The predicted octanol–water partition coefficient (Wildman–Crippen LogP) is 3.53. The normalized spacial score (nSPS) is 12.9. The molecular formula is C17H14N4O2S. The number of aryl methyl sites for hydroxylation is 1. The maximum atomic E-state index is 5.37. The number of rotatable bonds is 3. The summed E-state index contributed by atoms with van der Waals surface area (Å²) in [6.07, 6.45) is 1.71.